The second kappa shape index (κ2) is 5.59. The number of nitrogens with zero attached hydrogens (tertiary/aromatic N) is 1. The monoisotopic (exact) mass is 267 g/mol. The molecule has 5 heteroatoms. The lowest BCUT2D eigenvalue weighted by Gasteiger charge is -2.26. The number of anilines is 1. The quantitative estimate of drug-likeness (QED) is 0.813. The zero-order valence-electron chi connectivity index (χ0n) is 10.4. The van der Waals surface area contributed by atoms with Crippen LogP contribution in [0.1, 0.15) is 18.9 Å². The highest BCUT2D eigenvalue weighted by atomic mass is 35.5. The number of nitrogens with two attached hydrogens (primary N) is 1. The van der Waals surface area contributed by atoms with Gasteiger partial charge in [0, 0.05) is 29.8 Å². The van der Waals surface area contributed by atoms with Crippen molar-refractivity contribution in [3.8, 4) is 0 Å². The van der Waals surface area contributed by atoms with Crippen molar-refractivity contribution in [3.63, 3.8) is 0 Å². The summed E-state index contributed by atoms with van der Waals surface area (Å²) in [6.07, 6.45) is 1.73. The van der Waals surface area contributed by atoms with E-state index in [0.717, 1.165) is 30.6 Å². The Morgan fingerprint density at radius 3 is 3.00 bits per heavy atom. The Hall–Kier alpha value is -1.26. The first-order chi connectivity index (χ1) is 8.67. The summed E-state index contributed by atoms with van der Waals surface area (Å²) in [7, 11) is 0. The van der Waals surface area contributed by atoms with Crippen LogP contribution < -0.4 is 16.0 Å². The highest BCUT2D eigenvalue weighted by Gasteiger charge is 2.30. The Balaban J connectivity index is 2.17. The summed E-state index contributed by atoms with van der Waals surface area (Å²) in [5.41, 5.74) is 7.63. The molecule has 98 valence electrons. The van der Waals surface area contributed by atoms with Gasteiger partial charge in [-0.15, -0.1) is 0 Å². The lowest BCUT2D eigenvalue weighted by molar-refractivity contribution is -0.110. The Morgan fingerprint density at radius 1 is 1.61 bits per heavy atom. The largest absolute Gasteiger partial charge is 0.367 e. The average molecular weight is 268 g/mol. The van der Waals surface area contributed by atoms with Gasteiger partial charge in [-0.05, 0) is 31.0 Å². The van der Waals surface area contributed by atoms with E-state index in [1.54, 1.807) is 0 Å². The molecule has 0 aliphatic carbocycles. The lowest BCUT2D eigenvalue weighted by Crippen LogP contribution is -2.39. The Kier molecular flexibility index (Phi) is 4.09. The van der Waals surface area contributed by atoms with Gasteiger partial charge in [-0.2, -0.15) is 0 Å². The zero-order valence-corrected chi connectivity index (χ0v) is 11.2. The fourth-order valence-corrected chi connectivity index (χ4v) is 2.75. The normalized spacial score (nSPS) is 23.2. The van der Waals surface area contributed by atoms with Crippen molar-refractivity contribution < 1.29 is 4.79 Å². The first-order valence-electron chi connectivity index (χ1n) is 6.12. The molecule has 1 saturated heterocycles. The van der Waals surface area contributed by atoms with E-state index in [-0.39, 0.29) is 12.1 Å². The molecule has 1 fully saturated rings. The summed E-state index contributed by atoms with van der Waals surface area (Å²) in [6.45, 7) is 3.48. The van der Waals surface area contributed by atoms with Crippen molar-refractivity contribution in [2.24, 2.45) is 5.73 Å². The number of carbonyl (C=O) groups excluding carboxylic acids is 1. The third-order valence-corrected chi connectivity index (χ3v) is 3.98. The Bertz CT molecular complexity index is 438. The smallest absolute Gasteiger partial charge is 0.207 e. The van der Waals surface area contributed by atoms with Crippen LogP contribution in [0.4, 0.5) is 5.69 Å². The van der Waals surface area contributed by atoms with Crippen molar-refractivity contribution in [2.45, 2.75) is 32.0 Å². The van der Waals surface area contributed by atoms with Crippen LogP contribution in [0.3, 0.4) is 0 Å². The van der Waals surface area contributed by atoms with E-state index in [1.807, 2.05) is 18.2 Å². The fraction of sp³-hybridized carbons (Fsp3) is 0.462. The van der Waals surface area contributed by atoms with Crippen LogP contribution in [-0.4, -0.2) is 25.0 Å². The first-order valence-corrected chi connectivity index (χ1v) is 6.50. The molecular weight excluding hydrogens is 250 g/mol. The van der Waals surface area contributed by atoms with Crippen LogP contribution >= 0.6 is 11.6 Å². The molecule has 2 atom stereocenters. The maximum Gasteiger partial charge on any atom is 0.207 e. The zero-order chi connectivity index (χ0) is 13.1. The maximum absolute atomic E-state index is 10.5. The number of hydrogen-bond acceptors (Lipinski definition) is 3. The first kappa shape index (κ1) is 13.2. The molecule has 0 saturated carbocycles. The van der Waals surface area contributed by atoms with Crippen molar-refractivity contribution in [2.75, 3.05) is 11.4 Å². The molecule has 0 spiro atoms. The molecular formula is C13H18ClN3O. The van der Waals surface area contributed by atoms with Crippen molar-refractivity contribution in [1.82, 2.24) is 5.32 Å². The number of halogens is 1. The van der Waals surface area contributed by atoms with Crippen LogP contribution in [0.25, 0.3) is 0 Å². The van der Waals surface area contributed by atoms with E-state index in [4.69, 9.17) is 17.3 Å². The van der Waals surface area contributed by atoms with E-state index in [2.05, 4.69) is 17.1 Å². The molecule has 1 aliphatic heterocycles. The number of benzene rings is 1. The van der Waals surface area contributed by atoms with Crippen LogP contribution in [0.15, 0.2) is 18.2 Å². The van der Waals surface area contributed by atoms with Gasteiger partial charge in [-0.25, -0.2) is 0 Å². The van der Waals surface area contributed by atoms with Gasteiger partial charge >= 0.3 is 0 Å². The minimum absolute atomic E-state index is 0.204. The molecule has 1 aliphatic rings. The van der Waals surface area contributed by atoms with Gasteiger partial charge < -0.3 is 16.0 Å². The predicted octanol–water partition coefficient (Wildman–Crippen LogP) is 1.51. The van der Waals surface area contributed by atoms with Gasteiger partial charge in [0.2, 0.25) is 6.41 Å². The fourth-order valence-electron chi connectivity index (χ4n) is 2.49. The van der Waals surface area contributed by atoms with Gasteiger partial charge in [0.05, 0.1) is 6.04 Å². The second-order valence-electron chi connectivity index (χ2n) is 4.59. The number of hydrogen-bond donors (Lipinski definition) is 2. The average Bonchev–Trinajstić information content (AvgIpc) is 2.72. The molecule has 0 unspecified atom stereocenters. The molecule has 2 rings (SSSR count). The molecule has 0 bridgehead atoms. The molecule has 4 nitrogen and oxygen atoms in total. The van der Waals surface area contributed by atoms with E-state index < -0.39 is 0 Å². The van der Waals surface area contributed by atoms with Gasteiger partial charge in [-0.1, -0.05) is 17.7 Å². The summed E-state index contributed by atoms with van der Waals surface area (Å²) < 4.78 is 0. The third kappa shape index (κ3) is 2.44. The summed E-state index contributed by atoms with van der Waals surface area (Å²) in [6, 6.07) is 6.42. The summed E-state index contributed by atoms with van der Waals surface area (Å²) in [5, 5.41) is 3.56. The minimum Gasteiger partial charge on any atom is -0.367 e. The number of nitrogens with one attached hydrogen (secondary N) is 1. The summed E-state index contributed by atoms with van der Waals surface area (Å²) >= 11 is 6.17. The van der Waals surface area contributed by atoms with E-state index in [9.17, 15) is 4.79 Å². The van der Waals surface area contributed by atoms with E-state index in [1.165, 1.54) is 0 Å². The van der Waals surface area contributed by atoms with E-state index >= 15 is 0 Å². The SMILES string of the molecule is C[C@H]1[C@H](NC=O)CCN1c1ccc(CN)c(Cl)c1. The van der Waals surface area contributed by atoms with Gasteiger partial charge in [0.15, 0.2) is 0 Å². The molecule has 18 heavy (non-hydrogen) atoms. The van der Waals surface area contributed by atoms with E-state index in [0.29, 0.717) is 11.6 Å². The topological polar surface area (TPSA) is 58.4 Å². The molecule has 0 aromatic heterocycles. The van der Waals surface area contributed by atoms with Crippen molar-refractivity contribution >= 4 is 23.7 Å². The minimum atomic E-state index is 0.204. The van der Waals surface area contributed by atoms with Crippen LogP contribution in [-0.2, 0) is 11.3 Å². The molecule has 1 aromatic rings. The van der Waals surface area contributed by atoms with Crippen LogP contribution in [0.2, 0.25) is 5.02 Å². The highest BCUT2D eigenvalue weighted by molar-refractivity contribution is 6.31. The van der Waals surface area contributed by atoms with Gasteiger partial charge in [-0.3, -0.25) is 4.79 Å². The molecule has 1 aromatic carbocycles. The summed E-state index contributed by atoms with van der Waals surface area (Å²) in [4.78, 5) is 12.8. The lowest BCUT2D eigenvalue weighted by atomic mass is 10.1. The summed E-state index contributed by atoms with van der Waals surface area (Å²) in [5.74, 6) is 0. The number of amides is 1. The Labute approximate surface area is 112 Å². The van der Waals surface area contributed by atoms with Crippen molar-refractivity contribution in [1.29, 1.82) is 0 Å². The standard InChI is InChI=1S/C13H18ClN3O/c1-9-13(16-8-18)4-5-17(9)11-3-2-10(7-15)12(14)6-11/h2-3,6,8-9,13H,4-5,7,15H2,1H3,(H,16,18)/t9-,13+/m0/s1. The molecule has 1 heterocycles. The number of rotatable bonds is 4. The second-order valence-corrected chi connectivity index (χ2v) is 5.00. The number of carbonyl (C=O) groups is 1. The molecule has 3 N–H and O–H groups in total. The third-order valence-electron chi connectivity index (χ3n) is 3.63. The molecule has 1 amide bonds. The van der Waals surface area contributed by atoms with Crippen molar-refractivity contribution in [3.05, 3.63) is 28.8 Å². The maximum atomic E-state index is 10.5. The predicted molar refractivity (Wildman–Crippen MR) is 73.8 cm³/mol. The molecule has 0 radical (unpaired) electrons. The van der Waals surface area contributed by atoms with Gasteiger partial charge in [0.25, 0.3) is 0 Å². The van der Waals surface area contributed by atoms with Crippen LogP contribution in [0.5, 0.6) is 0 Å². The van der Waals surface area contributed by atoms with Crippen LogP contribution in [0, 0.1) is 0 Å². The highest BCUT2D eigenvalue weighted by Crippen LogP contribution is 2.29. The van der Waals surface area contributed by atoms with Gasteiger partial charge in [0.1, 0.15) is 0 Å². The Morgan fingerprint density at radius 2 is 2.39 bits per heavy atom.